The minimum absolute atomic E-state index is 0. The molecule has 1 aliphatic carbocycles. The Kier molecular flexibility index (Phi) is 27.5. The van der Waals surface area contributed by atoms with Crippen molar-refractivity contribution in [1.82, 2.24) is 4.98 Å². The SMILES string of the molecule is Brc1cc[nH]c2cc[c-]c1-2.CC(C)(C)[NH-].Cl.Cl.[CH3-].[CH3-].[SiH2]=[Zr]. The molecule has 0 saturated heterocycles. The maximum atomic E-state index is 6.94. The van der Waals surface area contributed by atoms with Gasteiger partial charge in [0, 0.05) is 0 Å². The van der Waals surface area contributed by atoms with Gasteiger partial charge >= 0.3 is 30.2 Å². The Hall–Kier alpha value is 0.880. The molecule has 0 aromatic rings. The minimum atomic E-state index is -0.250. The third kappa shape index (κ3) is 17.1. The van der Waals surface area contributed by atoms with Gasteiger partial charge in [-0.3, -0.25) is 0 Å². The Morgan fingerprint density at radius 3 is 2.00 bits per heavy atom. The van der Waals surface area contributed by atoms with Crippen LogP contribution in [0.3, 0.4) is 0 Å². The van der Waals surface area contributed by atoms with Gasteiger partial charge < -0.3 is 25.6 Å². The summed E-state index contributed by atoms with van der Waals surface area (Å²) in [4.78, 5) is 3.11. The van der Waals surface area contributed by atoms with E-state index >= 15 is 0 Å². The second-order valence-corrected chi connectivity index (χ2v) is 5.20. The molecule has 1 aliphatic heterocycles. The predicted molar refractivity (Wildman–Crippen MR) is 104 cm³/mol. The van der Waals surface area contributed by atoms with Crippen molar-refractivity contribution in [1.29, 1.82) is 0 Å². The molecule has 0 radical (unpaired) electrons. The summed E-state index contributed by atoms with van der Waals surface area (Å²) in [5.74, 6) is 0. The van der Waals surface area contributed by atoms with E-state index in [-0.39, 0.29) is 45.2 Å². The van der Waals surface area contributed by atoms with Crippen LogP contribution in [-0.4, -0.2) is 17.4 Å². The summed E-state index contributed by atoms with van der Waals surface area (Å²) in [5.41, 5.74) is 8.92. The van der Waals surface area contributed by atoms with Crippen LogP contribution in [0.25, 0.3) is 17.0 Å². The molecule has 0 aromatic heterocycles. The molecule has 0 fully saturated rings. The summed E-state index contributed by atoms with van der Waals surface area (Å²) in [6.07, 6.45) is 1.90. The quantitative estimate of drug-likeness (QED) is 0.382. The number of nitrogens with one attached hydrogen (secondary N) is 2. The third-order valence-electron chi connectivity index (χ3n) is 1.45. The zero-order valence-corrected chi connectivity index (χ0v) is 20.3. The molecule has 0 amide bonds. The van der Waals surface area contributed by atoms with Gasteiger partial charge in [0.1, 0.15) is 0 Å². The Morgan fingerprint density at radius 1 is 1.19 bits per heavy atom. The van der Waals surface area contributed by atoms with Crippen LogP contribution in [0.2, 0.25) is 0 Å². The number of pyridine rings is 1. The van der Waals surface area contributed by atoms with E-state index in [1.54, 1.807) is 23.3 Å². The number of fused-ring (bicyclic) bond motifs is 1. The fourth-order valence-electron chi connectivity index (χ4n) is 0.975. The van der Waals surface area contributed by atoms with Crippen LogP contribution in [0.1, 0.15) is 20.8 Å². The molecule has 0 unspecified atom stereocenters. The Labute approximate surface area is 167 Å². The van der Waals surface area contributed by atoms with Crippen molar-refractivity contribution in [2.45, 2.75) is 26.3 Å². The van der Waals surface area contributed by atoms with Crippen molar-refractivity contribution in [2.75, 3.05) is 0 Å². The molecule has 1 heterocycles. The van der Waals surface area contributed by atoms with E-state index in [4.69, 9.17) is 5.73 Å². The van der Waals surface area contributed by atoms with Crippen LogP contribution in [0.5, 0.6) is 0 Å². The van der Waals surface area contributed by atoms with Crippen LogP contribution in [-0.2, 0) is 23.3 Å². The van der Waals surface area contributed by atoms with Gasteiger partial charge in [-0.25, -0.2) is 0 Å². The van der Waals surface area contributed by atoms with Crippen molar-refractivity contribution in [2.24, 2.45) is 0 Å². The molecule has 2 N–H and O–H groups in total. The molecule has 2 rings (SSSR count). The van der Waals surface area contributed by atoms with E-state index in [0.29, 0.717) is 0 Å². The molecule has 21 heavy (non-hydrogen) atoms. The van der Waals surface area contributed by atoms with Crippen molar-refractivity contribution in [3.05, 3.63) is 55.5 Å². The van der Waals surface area contributed by atoms with E-state index < -0.39 is 0 Å². The Balaban J connectivity index is -0.0000000695. The van der Waals surface area contributed by atoms with Crippen molar-refractivity contribution in [3.8, 4) is 11.3 Å². The van der Waals surface area contributed by atoms with Gasteiger partial charge in [0.25, 0.3) is 0 Å². The maximum absolute atomic E-state index is 6.94. The molecule has 0 bridgehead atoms. The molecular weight excluding hydrogens is 466 g/mol. The number of rotatable bonds is 0. The topological polar surface area (TPSA) is 39.6 Å². The summed E-state index contributed by atoms with van der Waals surface area (Å²) in [6.45, 7) is 7.51. The number of aromatic amines is 1. The van der Waals surface area contributed by atoms with Gasteiger partial charge in [-0.05, 0) is 6.20 Å². The van der Waals surface area contributed by atoms with Crippen LogP contribution in [0.15, 0.2) is 28.9 Å². The first-order valence-electron chi connectivity index (χ1n) is 5.11. The first kappa shape index (κ1) is 33.5. The Morgan fingerprint density at radius 2 is 1.62 bits per heavy atom. The first-order valence-corrected chi connectivity index (χ1v) is 11.8. The van der Waals surface area contributed by atoms with Crippen molar-refractivity contribution < 1.29 is 23.3 Å². The van der Waals surface area contributed by atoms with Crippen LogP contribution in [0.4, 0.5) is 0 Å². The average Bonchev–Trinajstić information content (AvgIpc) is 2.68. The molecule has 0 saturated carbocycles. The predicted octanol–water partition coefficient (Wildman–Crippen LogP) is 5.34. The van der Waals surface area contributed by atoms with Gasteiger partial charge in [-0.1, -0.05) is 37.0 Å². The summed E-state index contributed by atoms with van der Waals surface area (Å²) in [6, 6.07) is 8.99. The second-order valence-electron chi connectivity index (χ2n) is 4.34. The van der Waals surface area contributed by atoms with E-state index in [1.807, 2.05) is 52.0 Å². The molecule has 7 heteroatoms. The monoisotopic (exact) mass is 488 g/mol. The molecule has 0 spiro atoms. The van der Waals surface area contributed by atoms with E-state index in [2.05, 4.69) is 27.0 Å². The molecule has 124 valence electrons. The van der Waals surface area contributed by atoms with Crippen LogP contribution >= 0.6 is 40.7 Å². The summed E-state index contributed by atoms with van der Waals surface area (Å²) in [5, 5.41) is 0. The van der Waals surface area contributed by atoms with Crippen LogP contribution in [0, 0.1) is 20.9 Å². The zero-order valence-electron chi connectivity index (χ0n) is 13.2. The van der Waals surface area contributed by atoms with E-state index in [1.165, 1.54) is 0 Å². The van der Waals surface area contributed by atoms with Gasteiger partial charge in [-0.2, -0.15) is 12.1 Å². The van der Waals surface area contributed by atoms with Crippen molar-refractivity contribution in [3.63, 3.8) is 0 Å². The number of H-pyrrole nitrogens is 1. The summed E-state index contributed by atoms with van der Waals surface area (Å²) >= 11 is 5.00. The van der Waals surface area contributed by atoms with Gasteiger partial charge in [0.2, 0.25) is 0 Å². The molecule has 0 atom stereocenters. The van der Waals surface area contributed by atoms with Gasteiger partial charge in [0.05, 0.1) is 0 Å². The molecule has 0 aromatic carbocycles. The molecule has 2 aliphatic rings. The fourth-order valence-corrected chi connectivity index (χ4v) is 1.44. The molecular formula is C14H25BrCl2N2SiZr-4. The standard InChI is InChI=1S/C8H5BrN.C4H10N.2CH3.2ClH.H2Si.Zr/c9-7-4-5-10-8-3-1-2-6(7)8;1-4(2,3)5;;;;;;/h1,3-5,10H;5H,1-3H3;2*1H3;2*1H;1H2;/q4*-1;;;;. The first-order chi connectivity index (χ1) is 7.88. The Bertz CT molecular complexity index is 416. The number of hydrogen-bond acceptors (Lipinski definition) is 0. The van der Waals surface area contributed by atoms with Crippen LogP contribution < -0.4 is 0 Å². The zero-order chi connectivity index (χ0) is 13.5. The fraction of sp³-hybridized carbons (Fsp3) is 0.286. The third-order valence-corrected chi connectivity index (χ3v) is 2.12. The normalized spacial score (nSPS) is 8.00. The summed E-state index contributed by atoms with van der Waals surface area (Å²) < 4.78 is 1.09. The van der Waals surface area contributed by atoms with Gasteiger partial charge in [0.15, 0.2) is 0 Å². The second kappa shape index (κ2) is 17.2. The average molecular weight is 491 g/mol. The number of hydrogen-bond donors (Lipinski definition) is 1. The van der Waals surface area contributed by atoms with Gasteiger partial charge in [-0.15, -0.1) is 57.9 Å². The van der Waals surface area contributed by atoms with E-state index in [0.717, 1.165) is 15.7 Å². The molecule has 2 nitrogen and oxygen atoms in total. The van der Waals surface area contributed by atoms with E-state index in [9.17, 15) is 0 Å². The van der Waals surface area contributed by atoms with Crippen molar-refractivity contribution >= 4 is 47.6 Å². The summed E-state index contributed by atoms with van der Waals surface area (Å²) in [7, 11) is 0. The number of halogens is 3. The number of aromatic nitrogens is 1.